The van der Waals surface area contributed by atoms with Crippen molar-refractivity contribution in [3.8, 4) is 0 Å². The molecule has 2 rings (SSSR count). The van der Waals surface area contributed by atoms with E-state index in [0.29, 0.717) is 12.8 Å². The number of aliphatic hydroxyl groups excluding tert-OH is 1. The van der Waals surface area contributed by atoms with Gasteiger partial charge in [-0.05, 0) is 46.1 Å². The summed E-state index contributed by atoms with van der Waals surface area (Å²) in [4.78, 5) is 36.8. The van der Waals surface area contributed by atoms with Crippen molar-refractivity contribution in [1.29, 1.82) is 0 Å². The van der Waals surface area contributed by atoms with Gasteiger partial charge in [0, 0.05) is 25.0 Å². The second-order valence-electron chi connectivity index (χ2n) is 9.14. The highest BCUT2D eigenvalue weighted by molar-refractivity contribution is 5.91. The molecule has 1 saturated heterocycles. The van der Waals surface area contributed by atoms with Gasteiger partial charge in [0.1, 0.15) is 0 Å². The van der Waals surface area contributed by atoms with Crippen LogP contribution in [-0.4, -0.2) is 47.3 Å². The van der Waals surface area contributed by atoms with E-state index >= 15 is 0 Å². The highest BCUT2D eigenvalue weighted by Crippen LogP contribution is 2.27. The zero-order valence-electron chi connectivity index (χ0n) is 21.3. The van der Waals surface area contributed by atoms with Crippen molar-refractivity contribution in [3.63, 3.8) is 0 Å². The lowest BCUT2D eigenvalue weighted by atomic mass is 9.95. The Bertz CT molecular complexity index is 997. The Hall–Kier alpha value is -3.29. The number of rotatable bonds is 4. The first-order valence-corrected chi connectivity index (χ1v) is 12.2. The number of fused-ring (bicyclic) bond motifs is 2. The Morgan fingerprint density at radius 2 is 1.94 bits per heavy atom. The van der Waals surface area contributed by atoms with Crippen LogP contribution < -0.4 is 5.32 Å². The summed E-state index contributed by atoms with van der Waals surface area (Å²) in [5.41, 5.74) is 2.67. The van der Waals surface area contributed by atoms with Crippen LogP contribution >= 0.6 is 0 Å². The van der Waals surface area contributed by atoms with Crippen molar-refractivity contribution in [3.05, 3.63) is 84.1 Å². The van der Waals surface area contributed by atoms with Crippen LogP contribution in [0.2, 0.25) is 0 Å². The first kappa shape index (κ1) is 28.9. The summed E-state index contributed by atoms with van der Waals surface area (Å²) in [6.45, 7) is 9.61. The lowest BCUT2D eigenvalue weighted by Crippen LogP contribution is -2.44. The molecular formula is C29H37NO6. The van der Waals surface area contributed by atoms with Gasteiger partial charge in [0.2, 0.25) is 5.91 Å². The Balaban J connectivity index is 2.28. The predicted molar refractivity (Wildman–Crippen MR) is 140 cm³/mol. The second kappa shape index (κ2) is 15.0. The highest BCUT2D eigenvalue weighted by Gasteiger charge is 2.26. The number of ether oxygens (including phenoxy) is 2. The quantitative estimate of drug-likeness (QED) is 0.198. The molecule has 4 unspecified atom stereocenters. The number of carbonyl (C=O) groups excluding carboxylic acids is 3. The Morgan fingerprint density at radius 3 is 2.69 bits per heavy atom. The minimum absolute atomic E-state index is 0.0369. The molecule has 1 amide bonds. The third-order valence-corrected chi connectivity index (χ3v) is 5.60. The molecule has 0 spiro atoms. The smallest absolute Gasteiger partial charge is 0.331 e. The lowest BCUT2D eigenvalue weighted by Gasteiger charge is -2.30. The SMILES string of the molecule is C=C1CC2C=C(C)CC(C(O)NC(=O)C=CC=CC)OC(=O)/C=C/C=C(C)CC(=O)C=CCC(C1)O2. The van der Waals surface area contributed by atoms with E-state index in [9.17, 15) is 19.5 Å². The number of hydrogen-bond acceptors (Lipinski definition) is 6. The lowest BCUT2D eigenvalue weighted by molar-refractivity contribution is -0.151. The van der Waals surface area contributed by atoms with Gasteiger partial charge in [-0.15, -0.1) is 0 Å². The van der Waals surface area contributed by atoms with Gasteiger partial charge >= 0.3 is 5.97 Å². The molecule has 0 aromatic rings. The minimum Gasteiger partial charge on any atom is -0.454 e. The van der Waals surface area contributed by atoms with Gasteiger partial charge < -0.3 is 19.9 Å². The van der Waals surface area contributed by atoms with Crippen molar-refractivity contribution < 1.29 is 29.0 Å². The van der Waals surface area contributed by atoms with Crippen LogP contribution in [-0.2, 0) is 23.9 Å². The summed E-state index contributed by atoms with van der Waals surface area (Å²) < 4.78 is 11.7. The number of hydrogen-bond donors (Lipinski definition) is 2. The fraction of sp³-hybridized carbons (Fsp3) is 0.414. The number of ketones is 1. The second-order valence-corrected chi connectivity index (χ2v) is 9.14. The van der Waals surface area contributed by atoms with E-state index in [0.717, 1.165) is 23.1 Å². The van der Waals surface area contributed by atoms with E-state index in [1.165, 1.54) is 18.2 Å². The largest absolute Gasteiger partial charge is 0.454 e. The average Bonchev–Trinajstić information content (AvgIpc) is 2.77. The third-order valence-electron chi connectivity index (χ3n) is 5.60. The molecule has 36 heavy (non-hydrogen) atoms. The topological polar surface area (TPSA) is 102 Å². The molecule has 2 aliphatic rings. The zero-order chi connectivity index (χ0) is 26.5. The summed E-state index contributed by atoms with van der Waals surface area (Å²) in [7, 11) is 0. The van der Waals surface area contributed by atoms with Crippen LogP contribution in [0.25, 0.3) is 0 Å². The first-order valence-electron chi connectivity index (χ1n) is 12.2. The van der Waals surface area contributed by atoms with Crippen LogP contribution in [0.3, 0.4) is 0 Å². The third kappa shape index (κ3) is 11.0. The molecule has 0 radical (unpaired) electrons. The number of amides is 1. The number of aliphatic hydroxyl groups is 1. The Labute approximate surface area is 213 Å². The summed E-state index contributed by atoms with van der Waals surface area (Å²) in [6.07, 6.45) is 15.6. The molecule has 4 atom stereocenters. The van der Waals surface area contributed by atoms with Gasteiger partial charge in [-0.2, -0.15) is 0 Å². The molecule has 194 valence electrons. The van der Waals surface area contributed by atoms with Crippen molar-refractivity contribution in [2.24, 2.45) is 0 Å². The van der Waals surface area contributed by atoms with Gasteiger partial charge in [-0.3, -0.25) is 9.59 Å². The fourth-order valence-electron chi connectivity index (χ4n) is 3.96. The summed E-state index contributed by atoms with van der Waals surface area (Å²) in [6, 6.07) is 0. The molecule has 2 heterocycles. The van der Waals surface area contributed by atoms with Crippen LogP contribution in [0, 0.1) is 0 Å². The molecule has 0 aliphatic carbocycles. The highest BCUT2D eigenvalue weighted by atomic mass is 16.6. The number of cyclic esters (lactones) is 1. The van der Waals surface area contributed by atoms with Crippen molar-refractivity contribution in [1.82, 2.24) is 5.32 Å². The number of nitrogens with one attached hydrogen (secondary N) is 1. The molecule has 0 aromatic heterocycles. The van der Waals surface area contributed by atoms with E-state index in [1.54, 1.807) is 37.3 Å². The molecule has 2 aliphatic heterocycles. The summed E-state index contributed by atoms with van der Waals surface area (Å²) >= 11 is 0. The van der Waals surface area contributed by atoms with E-state index in [1.807, 2.05) is 26.0 Å². The number of esters is 1. The molecular weight excluding hydrogens is 458 g/mol. The van der Waals surface area contributed by atoms with Gasteiger partial charge in [0.25, 0.3) is 0 Å². The van der Waals surface area contributed by atoms with Crippen molar-refractivity contribution in [2.75, 3.05) is 0 Å². The zero-order valence-corrected chi connectivity index (χ0v) is 21.3. The van der Waals surface area contributed by atoms with E-state index in [2.05, 4.69) is 11.9 Å². The van der Waals surface area contributed by atoms with Crippen LogP contribution in [0.15, 0.2) is 84.1 Å². The molecule has 7 heteroatoms. The Morgan fingerprint density at radius 1 is 1.17 bits per heavy atom. The normalized spacial score (nSPS) is 26.6. The fourth-order valence-corrected chi connectivity index (χ4v) is 3.96. The van der Waals surface area contributed by atoms with Gasteiger partial charge in [0.05, 0.1) is 12.2 Å². The minimum atomic E-state index is -1.42. The van der Waals surface area contributed by atoms with Crippen molar-refractivity contribution >= 4 is 17.7 Å². The summed E-state index contributed by atoms with van der Waals surface area (Å²) in [5.74, 6) is -1.23. The van der Waals surface area contributed by atoms with Crippen LogP contribution in [0.4, 0.5) is 0 Å². The van der Waals surface area contributed by atoms with Crippen LogP contribution in [0.1, 0.15) is 52.9 Å². The average molecular weight is 496 g/mol. The molecule has 7 nitrogen and oxygen atoms in total. The van der Waals surface area contributed by atoms with Crippen molar-refractivity contribution in [2.45, 2.75) is 77.4 Å². The molecule has 1 fully saturated rings. The maximum Gasteiger partial charge on any atom is 0.331 e. The monoisotopic (exact) mass is 495 g/mol. The molecule has 0 aromatic carbocycles. The first-order chi connectivity index (χ1) is 17.2. The number of allylic oxidation sites excluding steroid dienone is 7. The standard InChI is InChI=1S/C29H37NO6/c1-5-6-7-13-27(32)30-29(34)26-19-22(4)18-25-17-21(3)16-24(35-25)12-9-11-23(31)15-20(2)10-8-14-28(33)36-26/h5-11,13-14,18,24-26,29,34H,3,12,15-17,19H2,1-2,4H3,(H,30,32)/b6-5?,11-9?,13-7?,14-8+,20-10?,22-18?. The van der Waals surface area contributed by atoms with E-state index in [-0.39, 0.29) is 30.8 Å². The molecule has 2 bridgehead atoms. The Kier molecular flexibility index (Phi) is 12.0. The maximum atomic E-state index is 12.5. The summed E-state index contributed by atoms with van der Waals surface area (Å²) in [5, 5.41) is 13.1. The van der Waals surface area contributed by atoms with E-state index in [4.69, 9.17) is 9.47 Å². The van der Waals surface area contributed by atoms with Crippen LogP contribution in [0.5, 0.6) is 0 Å². The number of carbonyl (C=O) groups is 3. The van der Waals surface area contributed by atoms with Gasteiger partial charge in [0.15, 0.2) is 18.1 Å². The van der Waals surface area contributed by atoms with E-state index < -0.39 is 24.2 Å². The maximum absolute atomic E-state index is 12.5. The predicted octanol–water partition coefficient (Wildman–Crippen LogP) is 4.33. The molecule has 0 saturated carbocycles. The van der Waals surface area contributed by atoms with Gasteiger partial charge in [-0.25, -0.2) is 4.79 Å². The molecule has 2 N–H and O–H groups in total. The van der Waals surface area contributed by atoms with Gasteiger partial charge in [-0.1, -0.05) is 65.8 Å².